The summed E-state index contributed by atoms with van der Waals surface area (Å²) in [6.45, 7) is 0. The van der Waals surface area contributed by atoms with E-state index < -0.39 is 9.84 Å². The number of aryl methyl sites for hydroxylation is 1. The number of nitrogens with zero attached hydrogens (tertiary/aromatic N) is 3. The Balaban J connectivity index is 2.62. The highest BCUT2D eigenvalue weighted by Gasteiger charge is 2.27. The van der Waals surface area contributed by atoms with Gasteiger partial charge in [0.05, 0.1) is 11.5 Å². The van der Waals surface area contributed by atoms with Crippen LogP contribution in [0.25, 0.3) is 0 Å². The van der Waals surface area contributed by atoms with Gasteiger partial charge in [-0.15, -0.1) is 0 Å². The second kappa shape index (κ2) is 2.82. The molecule has 0 amide bonds. The Hall–Kier alpha value is -1.35. The van der Waals surface area contributed by atoms with Crippen LogP contribution in [0, 0.1) is 11.3 Å². The highest BCUT2D eigenvalue weighted by atomic mass is 32.2. The predicted molar refractivity (Wildman–Crippen MR) is 49.1 cm³/mol. The Labute approximate surface area is 81.9 Å². The van der Waals surface area contributed by atoms with Gasteiger partial charge in [0, 0.05) is 24.7 Å². The first-order chi connectivity index (χ1) is 6.53. The first-order valence-corrected chi connectivity index (χ1v) is 6.01. The molecule has 1 aliphatic rings. The van der Waals surface area contributed by atoms with Crippen molar-refractivity contribution in [2.45, 2.75) is 12.2 Å². The number of sulfone groups is 1. The van der Waals surface area contributed by atoms with Gasteiger partial charge < -0.3 is 0 Å². The summed E-state index contributed by atoms with van der Waals surface area (Å²) in [7, 11) is -1.29. The van der Waals surface area contributed by atoms with Crippen molar-refractivity contribution in [2.75, 3.05) is 5.75 Å². The molecule has 2 rings (SSSR count). The van der Waals surface area contributed by atoms with Crippen molar-refractivity contribution in [1.82, 2.24) is 9.78 Å². The second-order valence-electron chi connectivity index (χ2n) is 3.35. The number of aromatic nitrogens is 2. The molecule has 74 valence electrons. The zero-order chi connectivity index (χ0) is 10.3. The van der Waals surface area contributed by atoms with E-state index in [2.05, 4.69) is 5.10 Å². The Bertz CT molecular complexity index is 522. The van der Waals surface area contributed by atoms with Crippen LogP contribution in [0.5, 0.6) is 0 Å². The summed E-state index contributed by atoms with van der Waals surface area (Å²) in [5.41, 5.74) is 1.70. The molecule has 0 saturated heterocycles. The van der Waals surface area contributed by atoms with Crippen LogP contribution in [-0.2, 0) is 29.1 Å². The van der Waals surface area contributed by atoms with Crippen LogP contribution in [0.15, 0.2) is 0 Å². The third-order valence-electron chi connectivity index (χ3n) is 2.39. The molecule has 0 N–H and O–H groups in total. The summed E-state index contributed by atoms with van der Waals surface area (Å²) in [4.78, 5) is 0. The van der Waals surface area contributed by atoms with Crippen molar-refractivity contribution >= 4 is 9.84 Å². The lowest BCUT2D eigenvalue weighted by Gasteiger charge is -2.12. The van der Waals surface area contributed by atoms with Gasteiger partial charge in [0.25, 0.3) is 0 Å². The molecule has 5 nitrogen and oxygen atoms in total. The number of fused-ring (bicyclic) bond motifs is 1. The summed E-state index contributed by atoms with van der Waals surface area (Å²) in [5, 5.41) is 12.7. The van der Waals surface area contributed by atoms with Gasteiger partial charge in [-0.25, -0.2) is 8.42 Å². The summed E-state index contributed by atoms with van der Waals surface area (Å²) >= 11 is 0. The molecule has 0 saturated carbocycles. The third kappa shape index (κ3) is 1.30. The third-order valence-corrected chi connectivity index (χ3v) is 3.95. The van der Waals surface area contributed by atoms with Crippen molar-refractivity contribution in [3.05, 3.63) is 17.0 Å². The first-order valence-electron chi connectivity index (χ1n) is 4.19. The van der Waals surface area contributed by atoms with Crippen LogP contribution in [0.4, 0.5) is 0 Å². The predicted octanol–water partition coefficient (Wildman–Crippen LogP) is -0.237. The summed E-state index contributed by atoms with van der Waals surface area (Å²) in [6, 6.07) is 1.92. The van der Waals surface area contributed by atoms with E-state index in [1.54, 1.807) is 11.7 Å². The van der Waals surface area contributed by atoms with Crippen molar-refractivity contribution in [3.63, 3.8) is 0 Å². The molecule has 0 aromatic carbocycles. The quantitative estimate of drug-likeness (QED) is 0.593. The molecule has 0 spiro atoms. The van der Waals surface area contributed by atoms with E-state index in [0.29, 0.717) is 12.0 Å². The van der Waals surface area contributed by atoms with Gasteiger partial charge in [-0.2, -0.15) is 10.4 Å². The SMILES string of the molecule is Cn1nc(C#N)c2c1CCS(=O)(=O)C2. The number of rotatable bonds is 0. The maximum atomic E-state index is 11.3. The Morgan fingerprint density at radius 3 is 2.93 bits per heavy atom. The molecule has 1 aromatic rings. The van der Waals surface area contributed by atoms with Gasteiger partial charge in [0.15, 0.2) is 15.5 Å². The monoisotopic (exact) mass is 211 g/mol. The molecule has 14 heavy (non-hydrogen) atoms. The van der Waals surface area contributed by atoms with Crippen molar-refractivity contribution in [2.24, 2.45) is 7.05 Å². The summed E-state index contributed by atoms with van der Waals surface area (Å²) in [5.74, 6) is 0.115. The van der Waals surface area contributed by atoms with Crippen molar-refractivity contribution in [3.8, 4) is 6.07 Å². The molecule has 1 aliphatic heterocycles. The maximum Gasteiger partial charge on any atom is 0.166 e. The zero-order valence-corrected chi connectivity index (χ0v) is 8.50. The topological polar surface area (TPSA) is 75.8 Å². The molecule has 0 fully saturated rings. The van der Waals surface area contributed by atoms with E-state index in [4.69, 9.17) is 5.26 Å². The smallest absolute Gasteiger partial charge is 0.166 e. The lowest BCUT2D eigenvalue weighted by atomic mass is 10.2. The largest absolute Gasteiger partial charge is 0.271 e. The normalized spacial score (nSPS) is 18.6. The molecule has 0 unspecified atom stereocenters. The Morgan fingerprint density at radius 1 is 1.57 bits per heavy atom. The fourth-order valence-electron chi connectivity index (χ4n) is 1.70. The minimum absolute atomic E-state index is 0.0426. The second-order valence-corrected chi connectivity index (χ2v) is 5.54. The molecule has 0 radical (unpaired) electrons. The molecule has 0 aliphatic carbocycles. The van der Waals surface area contributed by atoms with E-state index in [0.717, 1.165) is 5.69 Å². The van der Waals surface area contributed by atoms with Gasteiger partial charge in [0.1, 0.15) is 6.07 Å². The van der Waals surface area contributed by atoms with Crippen LogP contribution in [0.3, 0.4) is 0 Å². The summed E-state index contributed by atoms with van der Waals surface area (Å²) < 4.78 is 24.3. The van der Waals surface area contributed by atoms with Gasteiger partial charge in [-0.05, 0) is 0 Å². The standard InChI is InChI=1S/C8H9N3O2S/c1-11-8-2-3-14(12,13)5-6(8)7(4-9)10-11/h2-3,5H2,1H3. The lowest BCUT2D eigenvalue weighted by Crippen LogP contribution is -2.20. The average molecular weight is 211 g/mol. The Morgan fingerprint density at radius 2 is 2.29 bits per heavy atom. The van der Waals surface area contributed by atoms with E-state index in [9.17, 15) is 8.42 Å². The summed E-state index contributed by atoms with van der Waals surface area (Å²) in [6.07, 6.45) is 0.461. The van der Waals surface area contributed by atoms with Gasteiger partial charge in [-0.1, -0.05) is 0 Å². The Kier molecular flexibility index (Phi) is 1.86. The van der Waals surface area contributed by atoms with Crippen molar-refractivity contribution < 1.29 is 8.42 Å². The molecule has 6 heteroatoms. The van der Waals surface area contributed by atoms with E-state index in [1.165, 1.54) is 0 Å². The zero-order valence-electron chi connectivity index (χ0n) is 7.69. The molecule has 2 heterocycles. The van der Waals surface area contributed by atoms with Crippen LogP contribution in [-0.4, -0.2) is 24.0 Å². The van der Waals surface area contributed by atoms with E-state index >= 15 is 0 Å². The molecular formula is C8H9N3O2S. The van der Waals surface area contributed by atoms with Gasteiger partial charge >= 0.3 is 0 Å². The average Bonchev–Trinajstić information content (AvgIpc) is 2.40. The first kappa shape index (κ1) is 9.21. The number of hydrogen-bond donors (Lipinski definition) is 0. The highest BCUT2D eigenvalue weighted by molar-refractivity contribution is 7.90. The molecular weight excluding hydrogens is 202 g/mol. The minimum Gasteiger partial charge on any atom is -0.271 e. The number of nitriles is 1. The van der Waals surface area contributed by atoms with Crippen molar-refractivity contribution in [1.29, 1.82) is 5.26 Å². The molecule has 0 bridgehead atoms. The highest BCUT2D eigenvalue weighted by Crippen LogP contribution is 2.22. The molecule has 0 atom stereocenters. The lowest BCUT2D eigenvalue weighted by molar-refractivity contribution is 0.589. The van der Waals surface area contributed by atoms with Gasteiger partial charge in [0.2, 0.25) is 0 Å². The number of hydrogen-bond acceptors (Lipinski definition) is 4. The minimum atomic E-state index is -3.02. The van der Waals surface area contributed by atoms with E-state index in [-0.39, 0.29) is 17.2 Å². The van der Waals surface area contributed by atoms with E-state index in [1.807, 2.05) is 6.07 Å². The van der Waals surface area contributed by atoms with Crippen LogP contribution >= 0.6 is 0 Å². The molecule has 1 aromatic heterocycles. The maximum absolute atomic E-state index is 11.3. The fraction of sp³-hybridized carbons (Fsp3) is 0.500. The van der Waals surface area contributed by atoms with Crippen LogP contribution in [0.1, 0.15) is 17.0 Å². The fourth-order valence-corrected chi connectivity index (χ4v) is 3.09. The van der Waals surface area contributed by atoms with Gasteiger partial charge in [-0.3, -0.25) is 4.68 Å². The van der Waals surface area contributed by atoms with Crippen LogP contribution in [0.2, 0.25) is 0 Å². The van der Waals surface area contributed by atoms with Crippen LogP contribution < -0.4 is 0 Å².